The highest BCUT2D eigenvalue weighted by atomic mass is 32.2. The maximum atomic E-state index is 12.4. The first kappa shape index (κ1) is 15.9. The molecule has 1 aromatic carbocycles. The highest BCUT2D eigenvalue weighted by Crippen LogP contribution is 2.23. The van der Waals surface area contributed by atoms with Crippen LogP contribution >= 0.6 is 0 Å². The Morgan fingerprint density at radius 1 is 1.26 bits per heavy atom. The van der Waals surface area contributed by atoms with Crippen molar-refractivity contribution in [2.75, 3.05) is 12.3 Å². The lowest BCUT2D eigenvalue weighted by molar-refractivity contribution is 0.216. The van der Waals surface area contributed by atoms with Gasteiger partial charge in [0, 0.05) is 18.3 Å². The van der Waals surface area contributed by atoms with E-state index >= 15 is 0 Å². The third-order valence-electron chi connectivity index (χ3n) is 3.23. The number of benzene rings is 1. The quantitative estimate of drug-likeness (QED) is 0.709. The molecule has 0 aliphatic heterocycles. The molecule has 19 heavy (non-hydrogen) atoms. The maximum Gasteiger partial charge on any atom is 0.241 e. The Bertz CT molecular complexity index is 532. The van der Waals surface area contributed by atoms with E-state index in [1.165, 1.54) is 0 Å². The third-order valence-corrected chi connectivity index (χ3v) is 5.10. The predicted molar refractivity (Wildman–Crippen MR) is 76.4 cm³/mol. The van der Waals surface area contributed by atoms with E-state index in [1.807, 2.05) is 0 Å². The largest absolute Gasteiger partial charge is 0.399 e. The first-order valence-corrected chi connectivity index (χ1v) is 7.67. The van der Waals surface area contributed by atoms with Gasteiger partial charge in [0.2, 0.25) is 10.0 Å². The molecule has 0 saturated carbocycles. The van der Waals surface area contributed by atoms with Gasteiger partial charge in [-0.3, -0.25) is 0 Å². The molecule has 0 spiro atoms. The number of sulfonamides is 1. The molecule has 0 aromatic heterocycles. The summed E-state index contributed by atoms with van der Waals surface area (Å²) in [6.07, 6.45) is 0. The number of aliphatic hydroxyl groups excluding tert-OH is 1. The van der Waals surface area contributed by atoms with E-state index in [4.69, 9.17) is 10.8 Å². The summed E-state index contributed by atoms with van der Waals surface area (Å²) >= 11 is 0. The maximum absolute atomic E-state index is 12.4. The monoisotopic (exact) mass is 286 g/mol. The van der Waals surface area contributed by atoms with Gasteiger partial charge < -0.3 is 10.8 Å². The first-order chi connectivity index (χ1) is 8.69. The zero-order chi connectivity index (χ0) is 14.8. The summed E-state index contributed by atoms with van der Waals surface area (Å²) < 4.78 is 27.4. The molecule has 5 nitrogen and oxygen atoms in total. The molecule has 0 bridgehead atoms. The Morgan fingerprint density at radius 3 is 2.16 bits per heavy atom. The number of aryl methyl sites for hydroxylation is 2. The van der Waals surface area contributed by atoms with Crippen LogP contribution in [0.2, 0.25) is 0 Å². The topological polar surface area (TPSA) is 92.4 Å². The minimum Gasteiger partial charge on any atom is -0.399 e. The molecule has 0 aliphatic carbocycles. The zero-order valence-electron chi connectivity index (χ0n) is 11.8. The third kappa shape index (κ3) is 3.68. The minimum atomic E-state index is -3.61. The second-order valence-electron chi connectivity index (χ2n) is 5.05. The summed E-state index contributed by atoms with van der Waals surface area (Å²) in [5, 5.41) is 9.07. The second kappa shape index (κ2) is 5.90. The van der Waals surface area contributed by atoms with E-state index in [0.29, 0.717) is 16.8 Å². The van der Waals surface area contributed by atoms with Gasteiger partial charge in [0.05, 0.1) is 4.90 Å². The molecule has 6 heteroatoms. The van der Waals surface area contributed by atoms with E-state index < -0.39 is 10.0 Å². The van der Waals surface area contributed by atoms with Gasteiger partial charge >= 0.3 is 0 Å². The van der Waals surface area contributed by atoms with E-state index in [2.05, 4.69) is 4.72 Å². The SMILES string of the molecule is Cc1cc(N)cc(C)c1S(=O)(=O)NC(C)C(C)CO. The number of nitrogens with two attached hydrogens (primary N) is 1. The Labute approximate surface area is 114 Å². The number of nitrogens with one attached hydrogen (secondary N) is 1. The molecule has 0 fully saturated rings. The summed E-state index contributed by atoms with van der Waals surface area (Å²) in [5.41, 5.74) is 7.48. The number of hydrogen-bond donors (Lipinski definition) is 3. The lowest BCUT2D eigenvalue weighted by Gasteiger charge is -2.21. The van der Waals surface area contributed by atoms with Crippen molar-refractivity contribution in [2.24, 2.45) is 5.92 Å². The average molecular weight is 286 g/mol. The van der Waals surface area contributed by atoms with Crippen molar-refractivity contribution < 1.29 is 13.5 Å². The van der Waals surface area contributed by atoms with Crippen LogP contribution in [0.5, 0.6) is 0 Å². The molecule has 108 valence electrons. The molecule has 1 aromatic rings. The number of hydrogen-bond acceptors (Lipinski definition) is 4. The average Bonchev–Trinajstić information content (AvgIpc) is 2.24. The zero-order valence-corrected chi connectivity index (χ0v) is 12.6. The van der Waals surface area contributed by atoms with Crippen LogP contribution in [-0.2, 0) is 10.0 Å². The normalized spacial score (nSPS) is 15.2. The van der Waals surface area contributed by atoms with E-state index in [0.717, 1.165) is 0 Å². The number of rotatable bonds is 5. The smallest absolute Gasteiger partial charge is 0.241 e. The van der Waals surface area contributed by atoms with Crippen LogP contribution in [-0.4, -0.2) is 26.2 Å². The van der Waals surface area contributed by atoms with E-state index in [-0.39, 0.29) is 23.5 Å². The van der Waals surface area contributed by atoms with Gasteiger partial charge in [-0.2, -0.15) is 0 Å². The van der Waals surface area contributed by atoms with E-state index in [1.54, 1.807) is 39.8 Å². The van der Waals surface area contributed by atoms with Crippen molar-refractivity contribution in [3.05, 3.63) is 23.3 Å². The lowest BCUT2D eigenvalue weighted by atomic mass is 10.1. The van der Waals surface area contributed by atoms with Crippen LogP contribution in [0, 0.1) is 19.8 Å². The van der Waals surface area contributed by atoms with Crippen molar-refractivity contribution in [1.29, 1.82) is 0 Å². The highest BCUT2D eigenvalue weighted by molar-refractivity contribution is 7.89. The Kier molecular flexibility index (Phi) is 4.95. The standard InChI is InChI=1S/C13H22N2O3S/c1-8-5-12(14)6-9(2)13(8)19(17,18)15-11(4)10(3)7-16/h5-6,10-11,15-16H,7,14H2,1-4H3. The fraction of sp³-hybridized carbons (Fsp3) is 0.538. The predicted octanol–water partition coefficient (Wildman–Crippen LogP) is 1.18. The fourth-order valence-electron chi connectivity index (χ4n) is 1.99. The Balaban J connectivity index is 3.15. The summed E-state index contributed by atoms with van der Waals surface area (Å²) in [4.78, 5) is 0.263. The molecule has 4 N–H and O–H groups in total. The van der Waals surface area contributed by atoms with Crippen LogP contribution in [0.25, 0.3) is 0 Å². The van der Waals surface area contributed by atoms with Gasteiger partial charge in [-0.05, 0) is 49.9 Å². The van der Waals surface area contributed by atoms with Gasteiger partial charge in [0.25, 0.3) is 0 Å². The van der Waals surface area contributed by atoms with Crippen molar-refractivity contribution in [2.45, 2.75) is 38.6 Å². The van der Waals surface area contributed by atoms with Crippen molar-refractivity contribution >= 4 is 15.7 Å². The highest BCUT2D eigenvalue weighted by Gasteiger charge is 2.24. The number of anilines is 1. The van der Waals surface area contributed by atoms with Gasteiger partial charge in [-0.1, -0.05) is 6.92 Å². The number of aliphatic hydroxyl groups is 1. The number of nitrogen functional groups attached to an aromatic ring is 1. The van der Waals surface area contributed by atoms with Crippen LogP contribution in [0.1, 0.15) is 25.0 Å². The Hall–Kier alpha value is -1.11. The summed E-state index contributed by atoms with van der Waals surface area (Å²) in [7, 11) is -3.61. The van der Waals surface area contributed by atoms with E-state index in [9.17, 15) is 8.42 Å². The Morgan fingerprint density at radius 2 is 1.74 bits per heavy atom. The molecule has 1 rings (SSSR count). The van der Waals surface area contributed by atoms with Crippen LogP contribution in [0.15, 0.2) is 17.0 Å². The summed E-state index contributed by atoms with van der Waals surface area (Å²) in [6.45, 7) is 6.90. The molecular formula is C13H22N2O3S. The van der Waals surface area contributed by atoms with Gasteiger partial charge in [-0.15, -0.1) is 0 Å². The summed E-state index contributed by atoms with van der Waals surface area (Å²) in [5.74, 6) is -0.149. The summed E-state index contributed by atoms with van der Waals surface area (Å²) in [6, 6.07) is 2.94. The van der Waals surface area contributed by atoms with Gasteiger partial charge in [0.15, 0.2) is 0 Å². The first-order valence-electron chi connectivity index (χ1n) is 6.19. The van der Waals surface area contributed by atoms with Gasteiger partial charge in [0.1, 0.15) is 0 Å². The van der Waals surface area contributed by atoms with Crippen molar-refractivity contribution in [3.8, 4) is 0 Å². The molecule has 0 amide bonds. The fourth-order valence-corrected chi connectivity index (χ4v) is 3.79. The van der Waals surface area contributed by atoms with Crippen LogP contribution < -0.4 is 10.5 Å². The minimum absolute atomic E-state index is 0.0661. The van der Waals surface area contributed by atoms with Gasteiger partial charge in [-0.25, -0.2) is 13.1 Å². The molecule has 0 aliphatic rings. The molecule has 2 atom stereocenters. The van der Waals surface area contributed by atoms with Crippen molar-refractivity contribution in [3.63, 3.8) is 0 Å². The van der Waals surface area contributed by atoms with Crippen LogP contribution in [0.3, 0.4) is 0 Å². The molecule has 0 heterocycles. The molecule has 0 radical (unpaired) electrons. The van der Waals surface area contributed by atoms with Crippen molar-refractivity contribution in [1.82, 2.24) is 4.72 Å². The van der Waals surface area contributed by atoms with Crippen LogP contribution in [0.4, 0.5) is 5.69 Å². The molecule has 2 unspecified atom stereocenters. The molecule has 0 saturated heterocycles. The molecular weight excluding hydrogens is 264 g/mol. The lowest BCUT2D eigenvalue weighted by Crippen LogP contribution is -2.38. The second-order valence-corrected chi connectivity index (χ2v) is 6.70.